The van der Waals surface area contributed by atoms with Gasteiger partial charge in [0.05, 0.1) is 28.9 Å². The Kier molecular flexibility index (Phi) is 6.54. The Morgan fingerprint density at radius 2 is 1.73 bits per heavy atom. The summed E-state index contributed by atoms with van der Waals surface area (Å²) in [6, 6.07) is 18.3. The van der Waals surface area contributed by atoms with Crippen molar-refractivity contribution in [1.82, 2.24) is 9.97 Å². The lowest BCUT2D eigenvalue weighted by molar-refractivity contribution is -0.160. The highest BCUT2D eigenvalue weighted by Crippen LogP contribution is 2.45. The highest BCUT2D eigenvalue weighted by atomic mass is 16.5. The number of pyridine rings is 2. The van der Waals surface area contributed by atoms with Crippen molar-refractivity contribution in [3.8, 4) is 28.1 Å². The Morgan fingerprint density at radius 3 is 2.44 bits per heavy atom. The van der Waals surface area contributed by atoms with Crippen LogP contribution in [0.15, 0.2) is 60.8 Å². The zero-order valence-corrected chi connectivity index (χ0v) is 24.3. The van der Waals surface area contributed by atoms with Gasteiger partial charge in [-0.1, -0.05) is 24.3 Å². The second-order valence-electron chi connectivity index (χ2n) is 11.9. The maximum Gasteiger partial charge on any atom is 0.337 e. The summed E-state index contributed by atoms with van der Waals surface area (Å²) in [5.74, 6) is -0.240. The van der Waals surface area contributed by atoms with Gasteiger partial charge in [-0.05, 0) is 99.7 Å². The van der Waals surface area contributed by atoms with Crippen LogP contribution in [0, 0.1) is 20.8 Å². The van der Waals surface area contributed by atoms with Crippen LogP contribution in [0.25, 0.3) is 44.2 Å². The fourth-order valence-electron chi connectivity index (χ4n) is 6.10. The van der Waals surface area contributed by atoms with Crippen molar-refractivity contribution in [2.75, 3.05) is 6.61 Å². The van der Waals surface area contributed by atoms with Gasteiger partial charge in [0, 0.05) is 40.1 Å². The van der Waals surface area contributed by atoms with Gasteiger partial charge >= 0.3 is 5.97 Å². The fourth-order valence-corrected chi connectivity index (χ4v) is 6.10. The molecule has 0 aliphatic carbocycles. The number of aromatic nitrogens is 2. The third kappa shape index (κ3) is 4.72. The first-order valence-corrected chi connectivity index (χ1v) is 14.0. The van der Waals surface area contributed by atoms with Crippen molar-refractivity contribution >= 4 is 27.8 Å². The molecule has 2 aromatic heterocycles. The molecule has 6 nitrogen and oxygen atoms in total. The lowest BCUT2D eigenvalue weighted by atomic mass is 9.86. The van der Waals surface area contributed by atoms with Crippen LogP contribution in [0.5, 0.6) is 5.75 Å². The number of hydrogen-bond donors (Lipinski definition) is 1. The Morgan fingerprint density at radius 1 is 0.976 bits per heavy atom. The van der Waals surface area contributed by atoms with Gasteiger partial charge in [-0.25, -0.2) is 9.78 Å². The lowest BCUT2D eigenvalue weighted by Gasteiger charge is -2.29. The van der Waals surface area contributed by atoms with Crippen LogP contribution in [0.4, 0.5) is 0 Å². The second kappa shape index (κ2) is 9.96. The minimum absolute atomic E-state index is 0.612. The maximum atomic E-state index is 12.8. The van der Waals surface area contributed by atoms with Gasteiger partial charge in [0.1, 0.15) is 5.75 Å². The summed E-state index contributed by atoms with van der Waals surface area (Å²) in [5.41, 5.74) is 9.39. The Balaban J connectivity index is 1.71. The first kappa shape index (κ1) is 26.9. The van der Waals surface area contributed by atoms with Crippen LogP contribution in [0.3, 0.4) is 0 Å². The largest absolute Gasteiger partial charge is 0.493 e. The van der Waals surface area contributed by atoms with Crippen molar-refractivity contribution in [3.63, 3.8) is 0 Å². The second-order valence-corrected chi connectivity index (χ2v) is 11.9. The molecule has 5 aromatic rings. The van der Waals surface area contributed by atoms with Gasteiger partial charge in [-0.15, -0.1) is 0 Å². The molecular formula is C35H34N2O4. The molecule has 0 unspecified atom stereocenters. The zero-order valence-electron chi connectivity index (χ0n) is 24.3. The number of fused-ring (bicyclic) bond motifs is 1. The third-order valence-corrected chi connectivity index (χ3v) is 7.78. The summed E-state index contributed by atoms with van der Waals surface area (Å²) in [5, 5.41) is 12.3. The van der Waals surface area contributed by atoms with E-state index in [-0.39, 0.29) is 0 Å². The normalized spacial score (nSPS) is 13.8. The van der Waals surface area contributed by atoms with Crippen molar-refractivity contribution in [2.45, 2.75) is 59.7 Å². The number of aryl methyl sites for hydroxylation is 3. The number of carbonyl (C=O) groups is 1. The molecule has 0 fully saturated rings. The summed E-state index contributed by atoms with van der Waals surface area (Å²) in [4.78, 5) is 22.8. The number of aliphatic carboxylic acids is 1. The first-order valence-electron chi connectivity index (χ1n) is 14.0. The molecule has 3 aromatic carbocycles. The average Bonchev–Trinajstić information content (AvgIpc) is 2.91. The summed E-state index contributed by atoms with van der Waals surface area (Å²) in [7, 11) is 0. The summed E-state index contributed by atoms with van der Waals surface area (Å²) >= 11 is 0. The van der Waals surface area contributed by atoms with Crippen molar-refractivity contribution in [1.29, 1.82) is 0 Å². The molecular weight excluding hydrogens is 512 g/mol. The van der Waals surface area contributed by atoms with Crippen molar-refractivity contribution in [3.05, 3.63) is 88.6 Å². The smallest absolute Gasteiger partial charge is 0.337 e. The molecule has 6 rings (SSSR count). The molecule has 0 saturated heterocycles. The number of nitrogens with zero attached hydrogens (tertiary/aromatic N) is 2. The molecule has 1 aliphatic heterocycles. The number of carboxylic acid groups (broad SMARTS) is 1. The van der Waals surface area contributed by atoms with Crippen LogP contribution in [-0.4, -0.2) is 33.3 Å². The van der Waals surface area contributed by atoms with E-state index in [9.17, 15) is 9.90 Å². The molecule has 1 N–H and O–H groups in total. The third-order valence-electron chi connectivity index (χ3n) is 7.78. The van der Waals surface area contributed by atoms with Crippen LogP contribution in [-0.2, 0) is 16.0 Å². The summed E-state index contributed by atoms with van der Waals surface area (Å²) in [6.45, 7) is 12.4. The number of ether oxygens (including phenoxy) is 2. The van der Waals surface area contributed by atoms with Gasteiger partial charge in [0.2, 0.25) is 0 Å². The van der Waals surface area contributed by atoms with Crippen molar-refractivity contribution in [2.24, 2.45) is 0 Å². The summed E-state index contributed by atoms with van der Waals surface area (Å²) in [6.07, 6.45) is 1.43. The topological polar surface area (TPSA) is 81.5 Å². The lowest BCUT2D eigenvalue weighted by Crippen LogP contribution is -2.28. The first-order chi connectivity index (χ1) is 19.5. The minimum atomic E-state index is -1.19. The molecule has 0 radical (unpaired) electrons. The van der Waals surface area contributed by atoms with E-state index < -0.39 is 17.7 Å². The Bertz CT molecular complexity index is 1820. The van der Waals surface area contributed by atoms with E-state index in [1.165, 1.54) is 5.56 Å². The molecule has 3 heterocycles. The van der Waals surface area contributed by atoms with Gasteiger partial charge in [0.25, 0.3) is 0 Å². The zero-order chi connectivity index (χ0) is 29.1. The predicted octanol–water partition coefficient (Wildman–Crippen LogP) is 7.92. The number of rotatable bonds is 5. The number of hydrogen-bond acceptors (Lipinski definition) is 5. The van der Waals surface area contributed by atoms with E-state index in [1.54, 1.807) is 0 Å². The van der Waals surface area contributed by atoms with E-state index in [1.807, 2.05) is 64.2 Å². The standard InChI is InChI=1S/C35H34N2O4/c1-19-8-7-9-20(2)28(19)25-12-10-23-26(37-25)18-21(3)29(33(34(38)39)41-35(4,5)6)31(23)24-11-13-27-30-22(15-17-40-27)14-16-36-32(24)30/h7-14,16,18,33H,15,17H2,1-6H3,(H,38,39)/t33-/m1/s1. The van der Waals surface area contributed by atoms with Crippen LogP contribution >= 0.6 is 0 Å². The Labute approximate surface area is 240 Å². The van der Waals surface area contributed by atoms with Crippen LogP contribution < -0.4 is 4.74 Å². The minimum Gasteiger partial charge on any atom is -0.493 e. The monoisotopic (exact) mass is 546 g/mol. The van der Waals surface area contributed by atoms with E-state index in [4.69, 9.17) is 19.4 Å². The average molecular weight is 547 g/mol. The van der Waals surface area contributed by atoms with Gasteiger partial charge in [-0.2, -0.15) is 0 Å². The molecule has 0 bridgehead atoms. The molecule has 0 saturated carbocycles. The van der Waals surface area contributed by atoms with Crippen LogP contribution in [0.2, 0.25) is 0 Å². The number of benzene rings is 3. The highest BCUT2D eigenvalue weighted by molar-refractivity contribution is 6.08. The maximum absolute atomic E-state index is 12.8. The quantitative estimate of drug-likeness (QED) is 0.241. The van der Waals surface area contributed by atoms with E-state index in [2.05, 4.69) is 38.1 Å². The van der Waals surface area contributed by atoms with Gasteiger partial charge < -0.3 is 14.6 Å². The van der Waals surface area contributed by atoms with E-state index in [0.717, 1.165) is 73.1 Å². The van der Waals surface area contributed by atoms with E-state index >= 15 is 0 Å². The van der Waals surface area contributed by atoms with Crippen LogP contribution in [0.1, 0.15) is 54.7 Å². The molecule has 0 spiro atoms. The molecule has 41 heavy (non-hydrogen) atoms. The van der Waals surface area contributed by atoms with E-state index in [0.29, 0.717) is 12.2 Å². The molecule has 1 aliphatic rings. The highest BCUT2D eigenvalue weighted by Gasteiger charge is 2.33. The molecule has 0 amide bonds. The predicted molar refractivity (Wildman–Crippen MR) is 163 cm³/mol. The Hall–Kier alpha value is -4.29. The van der Waals surface area contributed by atoms with Gasteiger partial charge in [0.15, 0.2) is 6.10 Å². The van der Waals surface area contributed by atoms with Gasteiger partial charge in [-0.3, -0.25) is 4.98 Å². The fraction of sp³-hybridized carbons (Fsp3) is 0.286. The molecule has 1 atom stereocenters. The number of carboxylic acids is 1. The summed E-state index contributed by atoms with van der Waals surface area (Å²) < 4.78 is 12.2. The SMILES string of the molecule is Cc1cccc(C)c1-c1ccc2c(-c3ccc4c5c(ccnc35)CCO4)c([C@@H](OC(C)(C)C)C(=O)O)c(C)cc2n1. The van der Waals surface area contributed by atoms with Crippen molar-refractivity contribution < 1.29 is 19.4 Å². The molecule has 6 heteroatoms. The molecule has 208 valence electrons.